The van der Waals surface area contributed by atoms with Gasteiger partial charge in [0.1, 0.15) is 11.6 Å². The van der Waals surface area contributed by atoms with Gasteiger partial charge in [0.05, 0.1) is 24.0 Å². The third-order valence-electron chi connectivity index (χ3n) is 5.03. The first kappa shape index (κ1) is 22.1. The summed E-state index contributed by atoms with van der Waals surface area (Å²) in [5.41, 5.74) is 1.65. The van der Waals surface area contributed by atoms with Gasteiger partial charge in [0.2, 0.25) is 11.7 Å². The summed E-state index contributed by atoms with van der Waals surface area (Å²) in [6, 6.07) is 8.28. The number of azo groups is 1. The fourth-order valence-electron chi connectivity index (χ4n) is 3.42. The molecule has 9 heteroatoms. The smallest absolute Gasteiger partial charge is 0.248 e. The predicted molar refractivity (Wildman–Crippen MR) is 119 cm³/mol. The van der Waals surface area contributed by atoms with E-state index in [1.165, 1.54) is 12.5 Å². The standard InChI is InChI=1S/C22H26FN7O/c1-2-21(31)28-20-12-17(19(14-25-20)27-16-9-4-3-5-10-16)22(29-24)30-26-13-15-8-6-7-11-18(15)23/h2,6-8,11-12,14,16,27H,1,3-5,9-10,13,24H2,(H,25,28,31)/b29-22-,30-26?. The van der Waals surface area contributed by atoms with E-state index in [0.717, 1.165) is 31.8 Å². The van der Waals surface area contributed by atoms with Crippen LogP contribution in [0.5, 0.6) is 0 Å². The molecular weight excluding hydrogens is 397 g/mol. The Morgan fingerprint density at radius 3 is 2.77 bits per heavy atom. The van der Waals surface area contributed by atoms with Gasteiger partial charge in [0, 0.05) is 11.6 Å². The Hall–Kier alpha value is -3.62. The monoisotopic (exact) mass is 423 g/mol. The summed E-state index contributed by atoms with van der Waals surface area (Å²) in [6.07, 6.45) is 8.43. The van der Waals surface area contributed by atoms with Gasteiger partial charge in [-0.1, -0.05) is 44.0 Å². The number of carbonyl (C=O) groups excluding carboxylic acids is 1. The highest BCUT2D eigenvalue weighted by molar-refractivity contribution is 6.05. The molecule has 1 aromatic carbocycles. The van der Waals surface area contributed by atoms with Crippen molar-refractivity contribution in [1.29, 1.82) is 0 Å². The maximum absolute atomic E-state index is 13.8. The Bertz CT molecular complexity index is 984. The second-order valence-corrected chi connectivity index (χ2v) is 7.23. The number of amidine groups is 1. The van der Waals surface area contributed by atoms with E-state index in [4.69, 9.17) is 5.84 Å². The van der Waals surface area contributed by atoms with E-state index >= 15 is 0 Å². The Morgan fingerprint density at radius 2 is 2.06 bits per heavy atom. The number of carbonyl (C=O) groups is 1. The summed E-state index contributed by atoms with van der Waals surface area (Å²) in [5.74, 6) is 5.31. The van der Waals surface area contributed by atoms with Crippen molar-refractivity contribution in [3.63, 3.8) is 0 Å². The van der Waals surface area contributed by atoms with E-state index in [1.807, 2.05) is 0 Å². The van der Waals surface area contributed by atoms with Crippen molar-refractivity contribution in [1.82, 2.24) is 4.98 Å². The Kier molecular flexibility index (Phi) is 7.80. The minimum Gasteiger partial charge on any atom is -0.380 e. The number of hydrogen-bond donors (Lipinski definition) is 3. The molecule has 1 saturated carbocycles. The topological polar surface area (TPSA) is 117 Å². The van der Waals surface area contributed by atoms with Crippen LogP contribution in [0, 0.1) is 5.82 Å². The van der Waals surface area contributed by atoms with Gasteiger partial charge in [-0.25, -0.2) is 9.37 Å². The average molecular weight is 423 g/mol. The molecule has 0 saturated heterocycles. The summed E-state index contributed by atoms with van der Waals surface area (Å²) in [5, 5.41) is 18.1. The van der Waals surface area contributed by atoms with Gasteiger partial charge >= 0.3 is 0 Å². The van der Waals surface area contributed by atoms with Crippen molar-refractivity contribution in [3.05, 3.63) is 66.1 Å². The largest absolute Gasteiger partial charge is 0.380 e. The molecule has 1 amide bonds. The molecule has 8 nitrogen and oxygen atoms in total. The number of pyridine rings is 1. The number of rotatable bonds is 7. The van der Waals surface area contributed by atoms with Crippen LogP contribution in [0.1, 0.15) is 43.2 Å². The number of halogens is 1. The molecule has 0 atom stereocenters. The molecule has 1 heterocycles. The van der Waals surface area contributed by atoms with Crippen molar-refractivity contribution in [2.24, 2.45) is 21.2 Å². The predicted octanol–water partition coefficient (Wildman–Crippen LogP) is 4.36. The Morgan fingerprint density at radius 1 is 1.29 bits per heavy atom. The number of amides is 1. The number of hydrogen-bond acceptors (Lipinski definition) is 6. The van der Waals surface area contributed by atoms with Gasteiger partial charge < -0.3 is 16.5 Å². The van der Waals surface area contributed by atoms with Gasteiger partial charge in [-0.2, -0.15) is 10.2 Å². The molecule has 0 unspecified atom stereocenters. The number of nitrogens with one attached hydrogen (secondary N) is 2. The molecule has 162 valence electrons. The van der Waals surface area contributed by atoms with Crippen molar-refractivity contribution < 1.29 is 9.18 Å². The van der Waals surface area contributed by atoms with Crippen LogP contribution in [-0.4, -0.2) is 22.8 Å². The molecule has 0 spiro atoms. The lowest BCUT2D eigenvalue weighted by atomic mass is 9.95. The van der Waals surface area contributed by atoms with Crippen molar-refractivity contribution in [3.8, 4) is 0 Å². The fraction of sp³-hybridized carbons (Fsp3) is 0.318. The number of nitrogens with zero attached hydrogens (tertiary/aromatic N) is 4. The molecule has 31 heavy (non-hydrogen) atoms. The summed E-state index contributed by atoms with van der Waals surface area (Å²) in [6.45, 7) is 3.49. The lowest BCUT2D eigenvalue weighted by molar-refractivity contribution is -0.111. The van der Waals surface area contributed by atoms with E-state index in [-0.39, 0.29) is 24.1 Å². The van der Waals surface area contributed by atoms with Gasteiger partial charge in [0.25, 0.3) is 0 Å². The molecule has 1 aliphatic carbocycles. The van der Waals surface area contributed by atoms with Crippen molar-refractivity contribution in [2.75, 3.05) is 10.6 Å². The zero-order valence-corrected chi connectivity index (χ0v) is 17.2. The van der Waals surface area contributed by atoms with Crippen LogP contribution in [0.2, 0.25) is 0 Å². The normalized spacial score (nSPS) is 15.1. The molecule has 1 aliphatic rings. The van der Waals surface area contributed by atoms with E-state index < -0.39 is 0 Å². The number of benzene rings is 1. The maximum Gasteiger partial charge on any atom is 0.248 e. The summed E-state index contributed by atoms with van der Waals surface area (Å²) in [7, 11) is 0. The third-order valence-corrected chi connectivity index (χ3v) is 5.03. The Balaban J connectivity index is 1.86. The van der Waals surface area contributed by atoms with E-state index in [0.29, 0.717) is 28.7 Å². The number of nitrogens with two attached hydrogens (primary N) is 1. The second kappa shape index (κ2) is 11.0. The zero-order chi connectivity index (χ0) is 22.1. The second-order valence-electron chi connectivity index (χ2n) is 7.23. The van der Waals surface area contributed by atoms with Crippen LogP contribution in [0.4, 0.5) is 15.9 Å². The van der Waals surface area contributed by atoms with Crippen LogP contribution in [0.15, 0.2) is 64.5 Å². The molecule has 1 fully saturated rings. The number of aromatic nitrogens is 1. The first-order chi connectivity index (χ1) is 15.1. The van der Waals surface area contributed by atoms with Gasteiger partial charge in [-0.3, -0.25) is 4.79 Å². The minimum absolute atomic E-state index is 0.0439. The van der Waals surface area contributed by atoms with E-state index in [9.17, 15) is 9.18 Å². The molecule has 1 aromatic heterocycles. The van der Waals surface area contributed by atoms with Gasteiger partial charge in [-0.05, 0) is 31.1 Å². The summed E-state index contributed by atoms with van der Waals surface area (Å²) < 4.78 is 13.8. The maximum atomic E-state index is 13.8. The molecule has 2 aromatic rings. The third kappa shape index (κ3) is 6.18. The molecular formula is C22H26FN7O. The Labute approximate surface area is 180 Å². The van der Waals surface area contributed by atoms with Crippen LogP contribution >= 0.6 is 0 Å². The van der Waals surface area contributed by atoms with Crippen LogP contribution in [-0.2, 0) is 11.3 Å². The van der Waals surface area contributed by atoms with Crippen LogP contribution in [0.3, 0.4) is 0 Å². The SMILES string of the molecule is C=CC(=O)Nc1cc(/C(N=NCc2ccccc2F)=N/N)c(NC2CCCCC2)cn1. The first-order valence-corrected chi connectivity index (χ1v) is 10.2. The van der Waals surface area contributed by atoms with Gasteiger partial charge in [0.15, 0.2) is 0 Å². The van der Waals surface area contributed by atoms with Gasteiger partial charge in [-0.15, -0.1) is 5.11 Å². The fourth-order valence-corrected chi connectivity index (χ4v) is 3.42. The van der Waals surface area contributed by atoms with Crippen LogP contribution in [0.25, 0.3) is 0 Å². The lowest BCUT2D eigenvalue weighted by Gasteiger charge is -2.25. The highest BCUT2D eigenvalue weighted by atomic mass is 19.1. The lowest BCUT2D eigenvalue weighted by Crippen LogP contribution is -2.24. The molecule has 0 radical (unpaired) electrons. The minimum atomic E-state index is -0.390. The molecule has 0 aliphatic heterocycles. The summed E-state index contributed by atoms with van der Waals surface area (Å²) in [4.78, 5) is 16.0. The summed E-state index contributed by atoms with van der Waals surface area (Å²) >= 11 is 0. The van der Waals surface area contributed by atoms with E-state index in [1.54, 1.807) is 30.5 Å². The molecule has 3 rings (SSSR count). The van der Waals surface area contributed by atoms with Crippen molar-refractivity contribution in [2.45, 2.75) is 44.7 Å². The highest BCUT2D eigenvalue weighted by Crippen LogP contribution is 2.26. The van der Waals surface area contributed by atoms with Crippen molar-refractivity contribution >= 4 is 23.2 Å². The number of anilines is 2. The zero-order valence-electron chi connectivity index (χ0n) is 17.2. The van der Waals surface area contributed by atoms with Crippen LogP contribution < -0.4 is 16.5 Å². The molecule has 0 bridgehead atoms. The van der Waals surface area contributed by atoms with E-state index in [2.05, 4.69) is 37.5 Å². The number of hydrazone groups is 1. The first-order valence-electron chi connectivity index (χ1n) is 10.2. The highest BCUT2D eigenvalue weighted by Gasteiger charge is 2.18. The quantitative estimate of drug-likeness (QED) is 0.153. The molecule has 4 N–H and O–H groups in total. The average Bonchev–Trinajstić information content (AvgIpc) is 2.79.